The first-order valence-electron chi connectivity index (χ1n) is 8.75. The number of pyridine rings is 1. The van der Waals surface area contributed by atoms with Gasteiger partial charge >= 0.3 is 0 Å². The number of rotatable bonds is 4. The molecule has 2 fully saturated rings. The van der Waals surface area contributed by atoms with Crippen molar-refractivity contribution in [3.63, 3.8) is 0 Å². The Balaban J connectivity index is 1.58. The highest BCUT2D eigenvalue weighted by molar-refractivity contribution is 5.91. The Labute approximate surface area is 146 Å². The molecule has 1 amide bonds. The van der Waals surface area contributed by atoms with E-state index >= 15 is 0 Å². The Morgan fingerprint density at radius 2 is 1.92 bits per heavy atom. The van der Waals surface area contributed by atoms with Gasteiger partial charge in [0.1, 0.15) is 0 Å². The Hall–Kier alpha value is -2.25. The van der Waals surface area contributed by atoms with Gasteiger partial charge in [-0.1, -0.05) is 5.16 Å². The van der Waals surface area contributed by atoms with Gasteiger partial charge in [0.2, 0.25) is 5.76 Å². The Morgan fingerprint density at radius 1 is 1.12 bits per heavy atom. The van der Waals surface area contributed by atoms with Crippen molar-refractivity contribution in [2.75, 3.05) is 32.8 Å². The van der Waals surface area contributed by atoms with E-state index in [-0.39, 0.29) is 11.9 Å². The summed E-state index contributed by atoms with van der Waals surface area (Å²) in [7, 11) is 0. The van der Waals surface area contributed by atoms with Gasteiger partial charge in [0, 0.05) is 44.1 Å². The first-order valence-corrected chi connectivity index (χ1v) is 8.75. The van der Waals surface area contributed by atoms with Gasteiger partial charge in [-0.25, -0.2) is 0 Å². The van der Waals surface area contributed by atoms with Crippen LogP contribution in [0.2, 0.25) is 0 Å². The molecule has 0 N–H and O–H groups in total. The van der Waals surface area contributed by atoms with Crippen LogP contribution in [0.5, 0.6) is 0 Å². The van der Waals surface area contributed by atoms with Crippen molar-refractivity contribution in [3.05, 3.63) is 48.1 Å². The summed E-state index contributed by atoms with van der Waals surface area (Å²) in [6, 6.07) is 6.12. The molecule has 2 aromatic heterocycles. The highest BCUT2D eigenvalue weighted by Crippen LogP contribution is 2.28. The average Bonchev–Trinajstić information content (AvgIpc) is 3.33. The van der Waals surface area contributed by atoms with E-state index in [1.807, 2.05) is 17.0 Å². The molecule has 2 atom stereocenters. The first-order chi connectivity index (χ1) is 12.3. The van der Waals surface area contributed by atoms with Gasteiger partial charge in [0.25, 0.3) is 5.91 Å². The zero-order chi connectivity index (χ0) is 17.1. The lowest BCUT2D eigenvalue weighted by Gasteiger charge is -2.37. The van der Waals surface area contributed by atoms with Crippen LogP contribution >= 0.6 is 0 Å². The van der Waals surface area contributed by atoms with Crippen LogP contribution in [0.15, 0.2) is 41.3 Å². The zero-order valence-corrected chi connectivity index (χ0v) is 14.1. The van der Waals surface area contributed by atoms with Gasteiger partial charge in [-0.05, 0) is 30.5 Å². The van der Waals surface area contributed by atoms with Crippen LogP contribution in [-0.2, 0) is 11.2 Å². The minimum absolute atomic E-state index is 0.0766. The molecule has 7 heteroatoms. The number of amides is 1. The SMILES string of the molecule is O=C(c1ccno1)N1CC[C@@H](N2CCOCC2)[C@@H]1Cc1ccncc1. The predicted molar refractivity (Wildman–Crippen MR) is 90.1 cm³/mol. The number of morpholine rings is 1. The Bertz CT molecular complexity index is 686. The van der Waals surface area contributed by atoms with E-state index in [0.717, 1.165) is 45.7 Å². The van der Waals surface area contributed by atoms with Crippen LogP contribution in [0.25, 0.3) is 0 Å². The zero-order valence-electron chi connectivity index (χ0n) is 14.1. The minimum Gasteiger partial charge on any atom is -0.379 e. The number of nitrogens with zero attached hydrogens (tertiary/aromatic N) is 4. The lowest BCUT2D eigenvalue weighted by molar-refractivity contribution is 0.00834. The maximum absolute atomic E-state index is 12.9. The molecule has 2 aromatic rings. The molecular weight excluding hydrogens is 320 g/mol. The number of aromatic nitrogens is 2. The number of hydrogen-bond acceptors (Lipinski definition) is 6. The van der Waals surface area contributed by atoms with Gasteiger partial charge in [-0.2, -0.15) is 0 Å². The minimum atomic E-state index is -0.0766. The number of carbonyl (C=O) groups is 1. The van der Waals surface area contributed by atoms with Crippen molar-refractivity contribution in [1.29, 1.82) is 0 Å². The van der Waals surface area contributed by atoms with Crippen molar-refractivity contribution in [2.24, 2.45) is 0 Å². The second kappa shape index (κ2) is 7.33. The standard InChI is InChI=1S/C18H22N4O3/c23-18(17-3-7-20-25-17)22-8-4-15(21-9-11-24-12-10-21)16(22)13-14-1-5-19-6-2-14/h1-3,5-7,15-16H,4,8-13H2/t15-,16+/m1/s1. The van der Waals surface area contributed by atoms with Crippen molar-refractivity contribution >= 4 is 5.91 Å². The maximum Gasteiger partial charge on any atom is 0.292 e. The van der Waals surface area contributed by atoms with E-state index in [0.29, 0.717) is 11.8 Å². The van der Waals surface area contributed by atoms with Crippen LogP contribution in [0.4, 0.5) is 0 Å². The summed E-state index contributed by atoms with van der Waals surface area (Å²) in [5.41, 5.74) is 1.19. The fourth-order valence-electron chi connectivity index (χ4n) is 3.90. The molecule has 0 unspecified atom stereocenters. The molecule has 7 nitrogen and oxygen atoms in total. The summed E-state index contributed by atoms with van der Waals surface area (Å²) >= 11 is 0. The molecule has 25 heavy (non-hydrogen) atoms. The monoisotopic (exact) mass is 342 g/mol. The largest absolute Gasteiger partial charge is 0.379 e. The van der Waals surface area contributed by atoms with Gasteiger partial charge in [0.05, 0.1) is 25.5 Å². The van der Waals surface area contributed by atoms with Crippen molar-refractivity contribution in [2.45, 2.75) is 24.9 Å². The summed E-state index contributed by atoms with van der Waals surface area (Å²) < 4.78 is 10.6. The molecular formula is C18H22N4O3. The van der Waals surface area contributed by atoms with E-state index in [1.54, 1.807) is 18.5 Å². The molecule has 132 valence electrons. The summed E-state index contributed by atoms with van der Waals surface area (Å²) in [6.07, 6.45) is 6.90. The van der Waals surface area contributed by atoms with Gasteiger partial charge in [0.15, 0.2) is 0 Å². The number of likely N-dealkylation sites (tertiary alicyclic amines) is 1. The lowest BCUT2D eigenvalue weighted by Crippen LogP contribution is -2.51. The molecule has 2 aliphatic heterocycles. The smallest absolute Gasteiger partial charge is 0.292 e. The molecule has 4 rings (SSSR count). The molecule has 2 aliphatic rings. The number of ether oxygens (including phenoxy) is 1. The maximum atomic E-state index is 12.9. The second-order valence-electron chi connectivity index (χ2n) is 6.51. The van der Waals surface area contributed by atoms with Crippen molar-refractivity contribution in [1.82, 2.24) is 19.9 Å². The highest BCUT2D eigenvalue weighted by Gasteiger charge is 2.41. The molecule has 0 saturated carbocycles. The third-order valence-electron chi connectivity index (χ3n) is 5.13. The van der Waals surface area contributed by atoms with Crippen LogP contribution in [0.1, 0.15) is 22.5 Å². The van der Waals surface area contributed by atoms with E-state index in [9.17, 15) is 4.79 Å². The van der Waals surface area contributed by atoms with Crippen LogP contribution < -0.4 is 0 Å². The molecule has 0 bridgehead atoms. The first kappa shape index (κ1) is 16.2. The highest BCUT2D eigenvalue weighted by atomic mass is 16.5. The van der Waals surface area contributed by atoms with Gasteiger partial charge < -0.3 is 14.2 Å². The molecule has 0 aliphatic carbocycles. The van der Waals surface area contributed by atoms with Gasteiger partial charge in [-0.3, -0.25) is 14.7 Å². The molecule has 0 aromatic carbocycles. The van der Waals surface area contributed by atoms with Crippen molar-refractivity contribution in [3.8, 4) is 0 Å². The predicted octanol–water partition coefficient (Wildman–Crippen LogP) is 1.23. The Kier molecular flexibility index (Phi) is 4.76. The third kappa shape index (κ3) is 3.43. The molecule has 2 saturated heterocycles. The molecule has 4 heterocycles. The fourth-order valence-corrected chi connectivity index (χ4v) is 3.90. The molecule has 0 radical (unpaired) electrons. The summed E-state index contributed by atoms with van der Waals surface area (Å²) in [5.74, 6) is 0.231. The summed E-state index contributed by atoms with van der Waals surface area (Å²) in [6.45, 7) is 4.09. The number of carbonyl (C=O) groups excluding carboxylic acids is 1. The van der Waals surface area contributed by atoms with E-state index in [4.69, 9.17) is 9.26 Å². The third-order valence-corrected chi connectivity index (χ3v) is 5.13. The quantitative estimate of drug-likeness (QED) is 0.832. The number of hydrogen-bond donors (Lipinski definition) is 0. The van der Waals surface area contributed by atoms with Crippen LogP contribution in [0.3, 0.4) is 0 Å². The second-order valence-corrected chi connectivity index (χ2v) is 6.51. The van der Waals surface area contributed by atoms with E-state index in [2.05, 4.69) is 15.0 Å². The van der Waals surface area contributed by atoms with E-state index < -0.39 is 0 Å². The van der Waals surface area contributed by atoms with Crippen molar-refractivity contribution < 1.29 is 14.1 Å². The molecule has 0 spiro atoms. The Morgan fingerprint density at radius 3 is 2.64 bits per heavy atom. The summed E-state index contributed by atoms with van der Waals surface area (Å²) in [4.78, 5) is 21.4. The topological polar surface area (TPSA) is 71.7 Å². The van der Waals surface area contributed by atoms with E-state index in [1.165, 1.54) is 11.8 Å². The van der Waals surface area contributed by atoms with Gasteiger partial charge in [-0.15, -0.1) is 0 Å². The van der Waals surface area contributed by atoms with Crippen LogP contribution in [0, 0.1) is 0 Å². The fraction of sp³-hybridized carbons (Fsp3) is 0.500. The summed E-state index contributed by atoms with van der Waals surface area (Å²) in [5, 5.41) is 3.67. The van der Waals surface area contributed by atoms with Crippen LogP contribution in [-0.4, -0.2) is 70.8 Å². The lowest BCUT2D eigenvalue weighted by atomic mass is 9.99. The average molecular weight is 342 g/mol. The normalized spacial score (nSPS) is 24.6.